The molecule has 2 aromatic rings. The summed E-state index contributed by atoms with van der Waals surface area (Å²) in [6.07, 6.45) is 8.44. The van der Waals surface area contributed by atoms with Crippen molar-refractivity contribution >= 4 is 11.0 Å². The molecule has 1 N–H and O–H groups in total. The van der Waals surface area contributed by atoms with E-state index in [-0.39, 0.29) is 0 Å². The highest BCUT2D eigenvalue weighted by Gasteiger charge is 2.11. The second kappa shape index (κ2) is 6.28. The highest BCUT2D eigenvalue weighted by molar-refractivity contribution is 5.77. The lowest BCUT2D eigenvalue weighted by molar-refractivity contribution is 0.447. The molecule has 2 nitrogen and oxygen atoms in total. The fourth-order valence-electron chi connectivity index (χ4n) is 2.21. The number of benzene rings is 1. The number of hydrogen-bond donors (Lipinski definition) is 1. The molecule has 0 aliphatic rings. The number of hydrogen-bond acceptors (Lipinski definition) is 2. The van der Waals surface area contributed by atoms with E-state index in [1.54, 1.807) is 0 Å². The van der Waals surface area contributed by atoms with Crippen molar-refractivity contribution in [1.29, 1.82) is 0 Å². The Hall–Kier alpha value is -1.72. The normalized spacial score (nSPS) is 12.4. The Morgan fingerprint density at radius 1 is 1.39 bits per heavy atom. The standard InChI is InChI=1S/C16H19NO/c1-3-7-14(17-10-4-2)12-15-11-13-8-5-6-9-16(13)18-15/h2,5-6,8-9,11,14,17H,3,7,10,12H2,1H3/t14-/m1/s1. The smallest absolute Gasteiger partial charge is 0.134 e. The van der Waals surface area contributed by atoms with E-state index in [4.69, 9.17) is 10.8 Å². The molecule has 0 radical (unpaired) electrons. The van der Waals surface area contributed by atoms with Crippen LogP contribution in [0.1, 0.15) is 25.5 Å². The van der Waals surface area contributed by atoms with Crippen molar-refractivity contribution in [1.82, 2.24) is 5.32 Å². The number of nitrogens with one attached hydrogen (secondary N) is 1. The zero-order valence-electron chi connectivity index (χ0n) is 10.8. The maximum absolute atomic E-state index is 5.83. The molecular weight excluding hydrogens is 222 g/mol. The van der Waals surface area contributed by atoms with Gasteiger partial charge >= 0.3 is 0 Å². The van der Waals surface area contributed by atoms with Crippen LogP contribution in [-0.2, 0) is 6.42 Å². The molecule has 0 bridgehead atoms. The first-order valence-electron chi connectivity index (χ1n) is 6.47. The van der Waals surface area contributed by atoms with Gasteiger partial charge < -0.3 is 9.73 Å². The van der Waals surface area contributed by atoms with Gasteiger partial charge in [0.05, 0.1) is 6.54 Å². The third kappa shape index (κ3) is 3.15. The average Bonchev–Trinajstić information content (AvgIpc) is 2.78. The van der Waals surface area contributed by atoms with Crippen LogP contribution in [0.5, 0.6) is 0 Å². The first-order valence-corrected chi connectivity index (χ1v) is 6.47. The summed E-state index contributed by atoms with van der Waals surface area (Å²) in [5.41, 5.74) is 0.958. The lowest BCUT2D eigenvalue weighted by Crippen LogP contribution is -2.31. The van der Waals surface area contributed by atoms with Gasteiger partial charge in [-0.05, 0) is 18.6 Å². The molecular formula is C16H19NO. The van der Waals surface area contributed by atoms with E-state index in [1.807, 2.05) is 18.2 Å². The predicted octanol–water partition coefficient (Wildman–Crippen LogP) is 3.37. The monoisotopic (exact) mass is 241 g/mol. The van der Waals surface area contributed by atoms with Gasteiger partial charge in [0.2, 0.25) is 0 Å². The quantitative estimate of drug-likeness (QED) is 0.784. The lowest BCUT2D eigenvalue weighted by atomic mass is 10.1. The van der Waals surface area contributed by atoms with Gasteiger partial charge in [0, 0.05) is 17.8 Å². The molecule has 1 heterocycles. The SMILES string of the molecule is C#CCN[C@H](CCC)Cc1cc2ccccc2o1. The molecule has 18 heavy (non-hydrogen) atoms. The molecule has 1 atom stereocenters. The zero-order chi connectivity index (χ0) is 12.8. The largest absolute Gasteiger partial charge is 0.461 e. The van der Waals surface area contributed by atoms with Crippen LogP contribution < -0.4 is 5.32 Å². The van der Waals surface area contributed by atoms with Crippen LogP contribution in [0.3, 0.4) is 0 Å². The van der Waals surface area contributed by atoms with Gasteiger partial charge in [-0.1, -0.05) is 37.5 Å². The van der Waals surface area contributed by atoms with Gasteiger partial charge in [-0.25, -0.2) is 0 Å². The Balaban J connectivity index is 2.07. The molecule has 0 aliphatic carbocycles. The van der Waals surface area contributed by atoms with Gasteiger partial charge in [0.15, 0.2) is 0 Å². The minimum atomic E-state index is 0.395. The minimum absolute atomic E-state index is 0.395. The fraction of sp³-hybridized carbons (Fsp3) is 0.375. The van der Waals surface area contributed by atoms with Crippen LogP contribution in [0.25, 0.3) is 11.0 Å². The first-order chi connectivity index (χ1) is 8.83. The fourth-order valence-corrected chi connectivity index (χ4v) is 2.21. The van der Waals surface area contributed by atoms with Crippen LogP contribution in [-0.4, -0.2) is 12.6 Å². The van der Waals surface area contributed by atoms with Crippen molar-refractivity contribution in [3.05, 3.63) is 36.1 Å². The van der Waals surface area contributed by atoms with Gasteiger partial charge in [-0.15, -0.1) is 6.42 Å². The number of fused-ring (bicyclic) bond motifs is 1. The predicted molar refractivity (Wildman–Crippen MR) is 75.4 cm³/mol. The molecule has 0 fully saturated rings. The second-order valence-electron chi connectivity index (χ2n) is 4.53. The van der Waals surface area contributed by atoms with E-state index in [0.29, 0.717) is 12.6 Å². The van der Waals surface area contributed by atoms with E-state index >= 15 is 0 Å². The van der Waals surface area contributed by atoms with Crippen LogP contribution in [0.15, 0.2) is 34.7 Å². The summed E-state index contributed by atoms with van der Waals surface area (Å²) in [4.78, 5) is 0. The van der Waals surface area contributed by atoms with Crippen molar-refractivity contribution in [3.8, 4) is 12.3 Å². The minimum Gasteiger partial charge on any atom is -0.461 e. The van der Waals surface area contributed by atoms with Crippen molar-refractivity contribution < 1.29 is 4.42 Å². The van der Waals surface area contributed by atoms with E-state index in [9.17, 15) is 0 Å². The molecule has 2 heteroatoms. The average molecular weight is 241 g/mol. The highest BCUT2D eigenvalue weighted by Crippen LogP contribution is 2.20. The van der Waals surface area contributed by atoms with Crippen molar-refractivity contribution in [2.24, 2.45) is 0 Å². The van der Waals surface area contributed by atoms with Crippen molar-refractivity contribution in [2.45, 2.75) is 32.2 Å². The third-order valence-electron chi connectivity index (χ3n) is 3.05. The molecule has 0 aliphatic heterocycles. The Morgan fingerprint density at radius 2 is 2.22 bits per heavy atom. The summed E-state index contributed by atoms with van der Waals surface area (Å²) in [7, 11) is 0. The maximum Gasteiger partial charge on any atom is 0.134 e. The molecule has 0 unspecified atom stereocenters. The maximum atomic E-state index is 5.83. The summed E-state index contributed by atoms with van der Waals surface area (Å²) in [6.45, 7) is 2.80. The summed E-state index contributed by atoms with van der Waals surface area (Å²) >= 11 is 0. The van der Waals surface area contributed by atoms with Crippen molar-refractivity contribution in [3.63, 3.8) is 0 Å². The number of furan rings is 1. The van der Waals surface area contributed by atoms with E-state index in [0.717, 1.165) is 30.6 Å². The van der Waals surface area contributed by atoms with Gasteiger partial charge in [0.1, 0.15) is 11.3 Å². The molecule has 94 valence electrons. The number of terminal acetylenes is 1. The van der Waals surface area contributed by atoms with Gasteiger partial charge in [-0.3, -0.25) is 0 Å². The Kier molecular flexibility index (Phi) is 4.44. The highest BCUT2D eigenvalue weighted by atomic mass is 16.3. The summed E-state index contributed by atoms with van der Waals surface area (Å²) in [5, 5.41) is 4.53. The summed E-state index contributed by atoms with van der Waals surface area (Å²) in [6, 6.07) is 10.6. The molecule has 2 rings (SSSR count). The Labute approximate surface area is 108 Å². The number of para-hydroxylation sites is 1. The topological polar surface area (TPSA) is 25.2 Å². The molecule has 0 saturated carbocycles. The first kappa shape index (κ1) is 12.7. The van der Waals surface area contributed by atoms with E-state index in [2.05, 4.69) is 30.3 Å². The van der Waals surface area contributed by atoms with Crippen LogP contribution in [0, 0.1) is 12.3 Å². The Morgan fingerprint density at radius 3 is 2.94 bits per heavy atom. The number of rotatable bonds is 6. The Bertz CT molecular complexity index is 502. The van der Waals surface area contributed by atoms with Gasteiger partial charge in [-0.2, -0.15) is 0 Å². The second-order valence-corrected chi connectivity index (χ2v) is 4.53. The van der Waals surface area contributed by atoms with Crippen LogP contribution in [0.2, 0.25) is 0 Å². The van der Waals surface area contributed by atoms with E-state index in [1.165, 1.54) is 5.39 Å². The summed E-state index contributed by atoms with van der Waals surface area (Å²) in [5.74, 6) is 3.65. The third-order valence-corrected chi connectivity index (χ3v) is 3.05. The van der Waals surface area contributed by atoms with E-state index < -0.39 is 0 Å². The molecule has 0 amide bonds. The van der Waals surface area contributed by atoms with Crippen LogP contribution >= 0.6 is 0 Å². The molecule has 0 saturated heterocycles. The molecule has 1 aromatic heterocycles. The molecule has 0 spiro atoms. The zero-order valence-corrected chi connectivity index (χ0v) is 10.8. The summed E-state index contributed by atoms with van der Waals surface area (Å²) < 4.78 is 5.83. The molecule has 1 aromatic carbocycles. The van der Waals surface area contributed by atoms with Gasteiger partial charge in [0.25, 0.3) is 0 Å². The van der Waals surface area contributed by atoms with Crippen molar-refractivity contribution in [2.75, 3.05) is 6.54 Å². The van der Waals surface area contributed by atoms with Crippen LogP contribution in [0.4, 0.5) is 0 Å². The lowest BCUT2D eigenvalue weighted by Gasteiger charge is -2.14.